The number of ether oxygens (including phenoxy) is 1. The summed E-state index contributed by atoms with van der Waals surface area (Å²) in [5, 5.41) is 2.67. The number of nitrogens with two attached hydrogens (primary N) is 1. The Morgan fingerprint density at radius 1 is 1.50 bits per heavy atom. The molecule has 1 rings (SSSR count). The Kier molecular flexibility index (Phi) is 4.73. The molecule has 1 aliphatic rings. The summed E-state index contributed by atoms with van der Waals surface area (Å²) in [4.78, 5) is 23.0. The first-order valence-corrected chi connectivity index (χ1v) is 5.68. The first-order valence-electron chi connectivity index (χ1n) is 5.68. The second-order valence-corrected chi connectivity index (χ2v) is 4.29. The van der Waals surface area contributed by atoms with Crippen LogP contribution < -0.4 is 11.1 Å². The largest absolute Gasteiger partial charge is 0.467 e. The van der Waals surface area contributed by atoms with Gasteiger partial charge in [-0.15, -0.1) is 0 Å². The smallest absolute Gasteiger partial charge is 0.328 e. The molecule has 0 radical (unpaired) electrons. The summed E-state index contributed by atoms with van der Waals surface area (Å²) in [7, 11) is 1.31. The maximum absolute atomic E-state index is 11.9. The van der Waals surface area contributed by atoms with Crippen molar-refractivity contribution in [2.75, 3.05) is 13.7 Å². The normalized spacial score (nSPS) is 26.2. The van der Waals surface area contributed by atoms with E-state index in [0.29, 0.717) is 6.54 Å². The van der Waals surface area contributed by atoms with E-state index in [4.69, 9.17) is 5.73 Å². The molecule has 0 saturated heterocycles. The number of esters is 1. The van der Waals surface area contributed by atoms with E-state index < -0.39 is 12.0 Å². The molecule has 3 atom stereocenters. The third kappa shape index (κ3) is 2.95. The zero-order valence-corrected chi connectivity index (χ0v) is 9.86. The molecule has 0 aliphatic heterocycles. The molecule has 1 aliphatic carbocycles. The molecule has 1 amide bonds. The maximum atomic E-state index is 11.9. The van der Waals surface area contributed by atoms with Gasteiger partial charge in [-0.25, -0.2) is 4.79 Å². The summed E-state index contributed by atoms with van der Waals surface area (Å²) >= 11 is 0. The fraction of sp³-hybridized carbons (Fsp3) is 0.818. The van der Waals surface area contributed by atoms with Crippen LogP contribution in [0.15, 0.2) is 0 Å². The van der Waals surface area contributed by atoms with E-state index in [1.807, 2.05) is 0 Å². The maximum Gasteiger partial charge on any atom is 0.328 e. The van der Waals surface area contributed by atoms with Gasteiger partial charge in [0.25, 0.3) is 0 Å². The quantitative estimate of drug-likeness (QED) is 0.666. The van der Waals surface area contributed by atoms with Crippen LogP contribution in [0, 0.1) is 11.8 Å². The fourth-order valence-corrected chi connectivity index (χ4v) is 2.22. The van der Waals surface area contributed by atoms with E-state index in [0.717, 1.165) is 19.3 Å². The molecule has 0 aromatic rings. The average Bonchev–Trinajstić information content (AvgIpc) is 2.75. The van der Waals surface area contributed by atoms with Gasteiger partial charge in [-0.05, 0) is 32.2 Å². The molecule has 92 valence electrons. The van der Waals surface area contributed by atoms with Crippen LogP contribution in [-0.4, -0.2) is 31.6 Å². The van der Waals surface area contributed by atoms with Gasteiger partial charge in [0.05, 0.1) is 7.11 Å². The third-order valence-electron chi connectivity index (χ3n) is 3.21. The first kappa shape index (κ1) is 13.0. The van der Waals surface area contributed by atoms with Crippen LogP contribution in [0.2, 0.25) is 0 Å². The lowest BCUT2D eigenvalue weighted by Crippen LogP contribution is -2.43. The highest BCUT2D eigenvalue weighted by atomic mass is 16.5. The number of nitrogens with one attached hydrogen (secondary N) is 1. The molecule has 0 bridgehead atoms. The van der Waals surface area contributed by atoms with E-state index in [1.165, 1.54) is 7.11 Å². The summed E-state index contributed by atoms with van der Waals surface area (Å²) in [5.41, 5.74) is 5.61. The predicted molar refractivity (Wildman–Crippen MR) is 59.5 cm³/mol. The van der Waals surface area contributed by atoms with Crippen molar-refractivity contribution in [3.63, 3.8) is 0 Å². The summed E-state index contributed by atoms with van der Waals surface area (Å²) in [6.45, 7) is 2.15. The van der Waals surface area contributed by atoms with Crippen molar-refractivity contribution < 1.29 is 14.3 Å². The van der Waals surface area contributed by atoms with Gasteiger partial charge in [0.15, 0.2) is 0 Å². The van der Waals surface area contributed by atoms with Crippen LogP contribution >= 0.6 is 0 Å². The van der Waals surface area contributed by atoms with Crippen LogP contribution in [-0.2, 0) is 14.3 Å². The molecule has 0 aromatic heterocycles. The van der Waals surface area contributed by atoms with Crippen LogP contribution in [0.4, 0.5) is 0 Å². The summed E-state index contributed by atoms with van der Waals surface area (Å²) < 4.78 is 4.55. The van der Waals surface area contributed by atoms with Crippen molar-refractivity contribution in [3.8, 4) is 0 Å². The predicted octanol–water partition coefficient (Wildman–Crippen LogP) is 0.0391. The first-order chi connectivity index (χ1) is 7.60. The number of hydrogen-bond donors (Lipinski definition) is 2. The van der Waals surface area contributed by atoms with Crippen molar-refractivity contribution in [3.05, 3.63) is 0 Å². The van der Waals surface area contributed by atoms with E-state index in [2.05, 4.69) is 10.1 Å². The second kappa shape index (κ2) is 5.84. The lowest BCUT2D eigenvalue weighted by molar-refractivity contribution is -0.145. The Balaban J connectivity index is 2.48. The highest BCUT2D eigenvalue weighted by molar-refractivity contribution is 5.85. The Labute approximate surface area is 95.7 Å². The number of rotatable bonds is 4. The Hall–Kier alpha value is -1.10. The van der Waals surface area contributed by atoms with E-state index in [1.54, 1.807) is 6.92 Å². The molecule has 16 heavy (non-hydrogen) atoms. The number of hydrogen-bond acceptors (Lipinski definition) is 4. The van der Waals surface area contributed by atoms with Crippen molar-refractivity contribution in [1.29, 1.82) is 0 Å². The molecule has 0 spiro atoms. The lowest BCUT2D eigenvalue weighted by atomic mass is 9.95. The van der Waals surface area contributed by atoms with E-state index in [-0.39, 0.29) is 17.7 Å². The van der Waals surface area contributed by atoms with Crippen molar-refractivity contribution in [2.24, 2.45) is 17.6 Å². The van der Waals surface area contributed by atoms with Gasteiger partial charge in [0, 0.05) is 5.92 Å². The minimum atomic E-state index is -0.587. The molecule has 5 nitrogen and oxygen atoms in total. The van der Waals surface area contributed by atoms with Crippen molar-refractivity contribution >= 4 is 11.9 Å². The highest BCUT2D eigenvalue weighted by Gasteiger charge is 2.33. The molecular weight excluding hydrogens is 208 g/mol. The molecule has 5 heteroatoms. The number of carbonyl (C=O) groups is 2. The van der Waals surface area contributed by atoms with E-state index >= 15 is 0 Å². The lowest BCUT2D eigenvalue weighted by Gasteiger charge is -2.19. The minimum Gasteiger partial charge on any atom is -0.467 e. The van der Waals surface area contributed by atoms with Gasteiger partial charge in [-0.1, -0.05) is 6.42 Å². The van der Waals surface area contributed by atoms with Crippen LogP contribution in [0.1, 0.15) is 26.2 Å². The molecule has 3 unspecified atom stereocenters. The number of carbonyl (C=O) groups excluding carboxylic acids is 2. The van der Waals surface area contributed by atoms with Gasteiger partial charge in [0.2, 0.25) is 5.91 Å². The minimum absolute atomic E-state index is 0.0443. The standard InChI is InChI=1S/C11H20N2O3/c1-7(11(15)16-2)13-10(14)9-5-3-4-8(9)6-12/h7-9H,3-6,12H2,1-2H3,(H,13,14). The fourth-order valence-electron chi connectivity index (χ4n) is 2.22. The zero-order chi connectivity index (χ0) is 12.1. The van der Waals surface area contributed by atoms with Crippen molar-refractivity contribution in [2.45, 2.75) is 32.2 Å². The van der Waals surface area contributed by atoms with Gasteiger partial charge >= 0.3 is 5.97 Å². The van der Waals surface area contributed by atoms with Crippen LogP contribution in [0.5, 0.6) is 0 Å². The molecule has 0 heterocycles. The van der Waals surface area contributed by atoms with Gasteiger partial charge < -0.3 is 15.8 Å². The monoisotopic (exact) mass is 228 g/mol. The summed E-state index contributed by atoms with van der Waals surface area (Å²) in [5.74, 6) is -0.288. The van der Waals surface area contributed by atoms with Crippen LogP contribution in [0.3, 0.4) is 0 Å². The second-order valence-electron chi connectivity index (χ2n) is 4.29. The molecular formula is C11H20N2O3. The summed E-state index contributed by atoms with van der Waals surface area (Å²) in [6.07, 6.45) is 2.90. The zero-order valence-electron chi connectivity index (χ0n) is 9.86. The number of amides is 1. The van der Waals surface area contributed by atoms with Crippen molar-refractivity contribution in [1.82, 2.24) is 5.32 Å². The molecule has 1 fully saturated rings. The third-order valence-corrected chi connectivity index (χ3v) is 3.21. The van der Waals surface area contributed by atoms with E-state index in [9.17, 15) is 9.59 Å². The Morgan fingerprint density at radius 3 is 2.75 bits per heavy atom. The average molecular weight is 228 g/mol. The highest BCUT2D eigenvalue weighted by Crippen LogP contribution is 2.30. The molecule has 1 saturated carbocycles. The SMILES string of the molecule is COC(=O)C(C)NC(=O)C1CCCC1CN. The Bertz CT molecular complexity index is 268. The number of methoxy groups -OCH3 is 1. The summed E-state index contributed by atoms with van der Waals surface area (Å²) in [6, 6.07) is -0.587. The molecule has 0 aromatic carbocycles. The van der Waals surface area contributed by atoms with Gasteiger partial charge in [-0.3, -0.25) is 4.79 Å². The topological polar surface area (TPSA) is 81.4 Å². The Morgan fingerprint density at radius 2 is 2.19 bits per heavy atom. The van der Waals surface area contributed by atoms with Gasteiger partial charge in [-0.2, -0.15) is 0 Å². The van der Waals surface area contributed by atoms with Gasteiger partial charge in [0.1, 0.15) is 6.04 Å². The van der Waals surface area contributed by atoms with Crippen LogP contribution in [0.25, 0.3) is 0 Å². The molecule has 3 N–H and O–H groups in total.